The van der Waals surface area contributed by atoms with Crippen LogP contribution < -0.4 is 0 Å². The van der Waals surface area contributed by atoms with Gasteiger partial charge in [0.05, 0.1) is 0 Å². The van der Waals surface area contributed by atoms with E-state index in [0.29, 0.717) is 12.0 Å². The first-order valence-electron chi connectivity index (χ1n) is 7.16. The fourth-order valence-electron chi connectivity index (χ4n) is 2.65. The second kappa shape index (κ2) is 7.20. The number of nitrogens with zero attached hydrogens (tertiary/aromatic N) is 2. The number of rotatable bonds is 4. The Labute approximate surface area is 120 Å². The SMILES string of the molecule is CN(C(=O)/C=C/c1cccnc1)C1CCC(CO)CC1. The summed E-state index contributed by atoms with van der Waals surface area (Å²) in [5.74, 6) is 0.446. The molecule has 1 aliphatic rings. The molecule has 0 radical (unpaired) electrons. The summed E-state index contributed by atoms with van der Waals surface area (Å²) in [6.07, 6.45) is 10.8. The Morgan fingerprint density at radius 2 is 2.20 bits per heavy atom. The van der Waals surface area contributed by atoms with Gasteiger partial charge in [-0.1, -0.05) is 6.07 Å². The van der Waals surface area contributed by atoms with Crippen LogP contribution in [0.5, 0.6) is 0 Å². The van der Waals surface area contributed by atoms with E-state index in [4.69, 9.17) is 5.11 Å². The zero-order valence-electron chi connectivity index (χ0n) is 11.9. The summed E-state index contributed by atoms with van der Waals surface area (Å²) < 4.78 is 0. The number of carbonyl (C=O) groups is 1. The standard InChI is InChI=1S/C16H22N2O2/c1-18(15-7-4-14(12-19)5-8-15)16(20)9-6-13-3-2-10-17-11-13/h2-3,6,9-11,14-15,19H,4-5,7-8,12H2,1H3/b9-6+. The minimum atomic E-state index is 0.0290. The van der Waals surface area contributed by atoms with Crippen LogP contribution in [0.4, 0.5) is 0 Å². The highest BCUT2D eigenvalue weighted by Crippen LogP contribution is 2.26. The fourth-order valence-corrected chi connectivity index (χ4v) is 2.65. The molecule has 1 saturated carbocycles. The molecule has 1 aromatic heterocycles. The van der Waals surface area contributed by atoms with Crippen LogP contribution in [0.1, 0.15) is 31.2 Å². The zero-order valence-corrected chi connectivity index (χ0v) is 11.9. The van der Waals surface area contributed by atoms with Gasteiger partial charge < -0.3 is 10.0 Å². The number of hydrogen-bond donors (Lipinski definition) is 1. The zero-order chi connectivity index (χ0) is 14.4. The first kappa shape index (κ1) is 14.7. The highest BCUT2D eigenvalue weighted by atomic mass is 16.3. The van der Waals surface area contributed by atoms with Gasteiger partial charge in [0.2, 0.25) is 5.91 Å². The monoisotopic (exact) mass is 274 g/mol. The van der Waals surface area contributed by atoms with Gasteiger partial charge in [0.25, 0.3) is 0 Å². The van der Waals surface area contributed by atoms with Gasteiger partial charge in [0.1, 0.15) is 0 Å². The number of aliphatic hydroxyl groups excluding tert-OH is 1. The quantitative estimate of drug-likeness (QED) is 0.856. The van der Waals surface area contributed by atoms with Crippen molar-refractivity contribution in [2.75, 3.05) is 13.7 Å². The maximum Gasteiger partial charge on any atom is 0.246 e. The molecule has 1 N–H and O–H groups in total. The molecule has 0 spiro atoms. The van der Waals surface area contributed by atoms with Crippen molar-refractivity contribution in [2.24, 2.45) is 5.92 Å². The van der Waals surface area contributed by atoms with Crippen molar-refractivity contribution in [1.29, 1.82) is 0 Å². The molecule has 108 valence electrons. The van der Waals surface area contributed by atoms with Crippen molar-refractivity contribution in [3.8, 4) is 0 Å². The molecule has 1 amide bonds. The number of likely N-dealkylation sites (N-methyl/N-ethyl adjacent to an activating group) is 1. The largest absolute Gasteiger partial charge is 0.396 e. The maximum absolute atomic E-state index is 12.1. The van der Waals surface area contributed by atoms with E-state index in [1.165, 1.54) is 0 Å². The molecule has 0 aromatic carbocycles. The van der Waals surface area contributed by atoms with Crippen LogP contribution >= 0.6 is 0 Å². The van der Waals surface area contributed by atoms with Crippen molar-refractivity contribution >= 4 is 12.0 Å². The van der Waals surface area contributed by atoms with Crippen LogP contribution in [0.3, 0.4) is 0 Å². The molecule has 1 aliphatic carbocycles. The Morgan fingerprint density at radius 3 is 2.80 bits per heavy atom. The molecule has 1 fully saturated rings. The van der Waals surface area contributed by atoms with Gasteiger partial charge in [-0.25, -0.2) is 0 Å². The second-order valence-electron chi connectivity index (χ2n) is 5.43. The Hall–Kier alpha value is -1.68. The van der Waals surface area contributed by atoms with E-state index in [-0.39, 0.29) is 12.5 Å². The number of hydrogen-bond acceptors (Lipinski definition) is 3. The highest BCUT2D eigenvalue weighted by Gasteiger charge is 2.25. The summed E-state index contributed by atoms with van der Waals surface area (Å²) in [6, 6.07) is 4.07. The lowest BCUT2D eigenvalue weighted by Crippen LogP contribution is -2.39. The lowest BCUT2D eigenvalue weighted by Gasteiger charge is -2.33. The molecule has 20 heavy (non-hydrogen) atoms. The van der Waals surface area contributed by atoms with Crippen LogP contribution in [0, 0.1) is 5.92 Å². The summed E-state index contributed by atoms with van der Waals surface area (Å²) in [5.41, 5.74) is 0.929. The van der Waals surface area contributed by atoms with Gasteiger partial charge in [0, 0.05) is 38.2 Å². The number of aliphatic hydroxyl groups is 1. The molecule has 0 unspecified atom stereocenters. The van der Waals surface area contributed by atoms with Crippen LogP contribution in [0.15, 0.2) is 30.6 Å². The second-order valence-corrected chi connectivity index (χ2v) is 5.43. The van der Waals surface area contributed by atoms with Crippen molar-refractivity contribution in [3.63, 3.8) is 0 Å². The predicted octanol–water partition coefficient (Wildman–Crippen LogP) is 2.10. The lowest BCUT2D eigenvalue weighted by atomic mass is 9.86. The van der Waals surface area contributed by atoms with Gasteiger partial charge in [-0.2, -0.15) is 0 Å². The molecule has 2 rings (SSSR count). The van der Waals surface area contributed by atoms with Crippen LogP contribution in [-0.2, 0) is 4.79 Å². The average Bonchev–Trinajstić information content (AvgIpc) is 2.53. The Morgan fingerprint density at radius 1 is 1.45 bits per heavy atom. The Balaban J connectivity index is 1.88. The van der Waals surface area contributed by atoms with Gasteiger partial charge in [0.15, 0.2) is 0 Å². The third-order valence-corrected chi connectivity index (χ3v) is 4.07. The normalized spacial score (nSPS) is 22.9. The molecule has 0 saturated heterocycles. The molecular weight excluding hydrogens is 252 g/mol. The van der Waals surface area contributed by atoms with E-state index in [1.54, 1.807) is 24.5 Å². The third-order valence-electron chi connectivity index (χ3n) is 4.07. The number of pyridine rings is 1. The van der Waals surface area contributed by atoms with Crippen molar-refractivity contribution in [3.05, 3.63) is 36.2 Å². The molecule has 1 heterocycles. The maximum atomic E-state index is 12.1. The summed E-state index contributed by atoms with van der Waals surface area (Å²) in [6.45, 7) is 0.269. The molecule has 0 bridgehead atoms. The van der Waals surface area contributed by atoms with Gasteiger partial charge in [-0.3, -0.25) is 9.78 Å². The Kier molecular flexibility index (Phi) is 5.30. The third kappa shape index (κ3) is 3.90. The fraction of sp³-hybridized carbons (Fsp3) is 0.500. The van der Waals surface area contributed by atoms with Crippen molar-refractivity contribution in [2.45, 2.75) is 31.7 Å². The minimum Gasteiger partial charge on any atom is -0.396 e. The number of carbonyl (C=O) groups excluding carboxylic acids is 1. The van der Waals surface area contributed by atoms with Crippen LogP contribution in [0.2, 0.25) is 0 Å². The molecule has 4 nitrogen and oxygen atoms in total. The smallest absolute Gasteiger partial charge is 0.246 e. The van der Waals surface area contributed by atoms with Crippen molar-refractivity contribution in [1.82, 2.24) is 9.88 Å². The highest BCUT2D eigenvalue weighted by molar-refractivity contribution is 5.91. The van der Waals surface area contributed by atoms with E-state index in [1.807, 2.05) is 24.1 Å². The van der Waals surface area contributed by atoms with E-state index >= 15 is 0 Å². The Bertz CT molecular complexity index is 451. The summed E-state index contributed by atoms with van der Waals surface area (Å²) >= 11 is 0. The first-order valence-corrected chi connectivity index (χ1v) is 7.16. The minimum absolute atomic E-state index is 0.0290. The van der Waals surface area contributed by atoms with E-state index < -0.39 is 0 Å². The molecule has 0 atom stereocenters. The predicted molar refractivity (Wildman–Crippen MR) is 78.9 cm³/mol. The van der Waals surface area contributed by atoms with Crippen LogP contribution in [0.25, 0.3) is 6.08 Å². The lowest BCUT2D eigenvalue weighted by molar-refractivity contribution is -0.127. The summed E-state index contributed by atoms with van der Waals surface area (Å²) in [7, 11) is 1.86. The molecule has 0 aliphatic heterocycles. The van der Waals surface area contributed by atoms with Crippen molar-refractivity contribution < 1.29 is 9.90 Å². The van der Waals surface area contributed by atoms with E-state index in [2.05, 4.69) is 4.98 Å². The van der Waals surface area contributed by atoms with E-state index in [0.717, 1.165) is 31.2 Å². The molecule has 4 heteroatoms. The van der Waals surface area contributed by atoms with Crippen LogP contribution in [-0.4, -0.2) is 40.6 Å². The molecule has 1 aromatic rings. The average molecular weight is 274 g/mol. The van der Waals surface area contributed by atoms with E-state index in [9.17, 15) is 4.79 Å². The number of aromatic nitrogens is 1. The van der Waals surface area contributed by atoms with Gasteiger partial charge >= 0.3 is 0 Å². The summed E-state index contributed by atoms with van der Waals surface area (Å²) in [5, 5.41) is 9.14. The van der Waals surface area contributed by atoms with Gasteiger partial charge in [-0.15, -0.1) is 0 Å². The van der Waals surface area contributed by atoms with Gasteiger partial charge in [-0.05, 0) is 49.3 Å². The first-order chi connectivity index (χ1) is 9.70. The molecular formula is C16H22N2O2. The number of amides is 1. The summed E-state index contributed by atoms with van der Waals surface area (Å²) in [4.78, 5) is 18.0. The topological polar surface area (TPSA) is 53.4 Å².